The van der Waals surface area contributed by atoms with Crippen LogP contribution in [0.2, 0.25) is 0 Å². The molecule has 0 unspecified atom stereocenters. The molecule has 0 heterocycles. The number of nitrogens with zero attached hydrogens (tertiary/aromatic N) is 3. The van der Waals surface area contributed by atoms with Gasteiger partial charge in [-0.25, -0.2) is 4.79 Å². The normalized spacial score (nSPS) is 12.2. The van der Waals surface area contributed by atoms with Gasteiger partial charge in [-0.15, -0.1) is 5.11 Å². The summed E-state index contributed by atoms with van der Waals surface area (Å²) in [5.74, 6) is -0.0711. The maximum absolute atomic E-state index is 13.0. The van der Waals surface area contributed by atoms with Crippen molar-refractivity contribution >= 4 is 11.9 Å². The highest BCUT2D eigenvalue weighted by atomic mass is 16.6. The molecule has 0 radical (unpaired) electrons. The quantitative estimate of drug-likeness (QED) is 0.214. The van der Waals surface area contributed by atoms with Gasteiger partial charge in [0.25, 0.3) is 0 Å². The maximum atomic E-state index is 13.0. The van der Waals surface area contributed by atoms with E-state index in [1.807, 2.05) is 43.3 Å². The van der Waals surface area contributed by atoms with E-state index in [0.717, 1.165) is 5.56 Å². The zero-order chi connectivity index (χ0) is 25.5. The van der Waals surface area contributed by atoms with Crippen molar-refractivity contribution in [1.82, 2.24) is 10.3 Å². The molecule has 0 aromatic heterocycles. The Bertz CT molecular complexity index is 1240. The molecule has 3 aromatic rings. The number of ether oxygens (including phenoxy) is 1. The number of nitrogens with one attached hydrogen (secondary N) is 1. The highest BCUT2D eigenvalue weighted by Gasteiger charge is 2.29. The van der Waals surface area contributed by atoms with Crippen molar-refractivity contribution in [3.63, 3.8) is 0 Å². The third-order valence-corrected chi connectivity index (χ3v) is 6.28. The molecule has 0 spiro atoms. The second-order valence-electron chi connectivity index (χ2n) is 8.60. The van der Waals surface area contributed by atoms with Crippen LogP contribution in [0.5, 0.6) is 0 Å². The van der Waals surface area contributed by atoms with Crippen molar-refractivity contribution in [1.29, 1.82) is 0 Å². The Balaban J connectivity index is 1.37. The van der Waals surface area contributed by atoms with Crippen molar-refractivity contribution in [2.24, 2.45) is 10.3 Å². The van der Waals surface area contributed by atoms with Gasteiger partial charge in [-0.3, -0.25) is 10.2 Å². The molecule has 0 bridgehead atoms. The smallest absolute Gasteiger partial charge is 0.410 e. The van der Waals surface area contributed by atoms with Crippen molar-refractivity contribution in [3.8, 4) is 11.1 Å². The topological polar surface area (TPSA) is 83.4 Å². The molecule has 1 N–H and O–H groups in total. The summed E-state index contributed by atoms with van der Waals surface area (Å²) in [5, 5.41) is 7.43. The zero-order valence-corrected chi connectivity index (χ0v) is 20.6. The molecule has 1 amide bonds. The maximum Gasteiger partial charge on any atom is 0.410 e. The van der Waals surface area contributed by atoms with Crippen LogP contribution in [0.1, 0.15) is 46.3 Å². The lowest BCUT2D eigenvalue weighted by atomic mass is 9.98. The summed E-state index contributed by atoms with van der Waals surface area (Å²) < 4.78 is 5.80. The summed E-state index contributed by atoms with van der Waals surface area (Å²) >= 11 is 0. The van der Waals surface area contributed by atoms with Crippen LogP contribution in [0.15, 0.2) is 95.4 Å². The number of carbonyl (C=O) groups is 2. The number of fused-ring (bicyclic) bond motifs is 3. The first-order valence-electron chi connectivity index (χ1n) is 12.0. The largest absolute Gasteiger partial charge is 0.448 e. The Kier molecular flexibility index (Phi) is 7.90. The summed E-state index contributed by atoms with van der Waals surface area (Å²) in [6, 6.07) is 23.8. The second kappa shape index (κ2) is 11.4. The lowest BCUT2D eigenvalue weighted by Gasteiger charge is -2.22. The monoisotopic (exact) mass is 482 g/mol. The number of amides is 1. The highest BCUT2D eigenvalue weighted by Crippen LogP contribution is 2.44. The predicted molar refractivity (Wildman–Crippen MR) is 140 cm³/mol. The van der Waals surface area contributed by atoms with Crippen LogP contribution < -0.4 is 5.43 Å². The number of allylic oxidation sites excluding steroid dienone is 1. The predicted octanol–water partition coefficient (Wildman–Crippen LogP) is 6.13. The number of carbonyl (C=O) groups excluding carboxylic acids is 2. The van der Waals surface area contributed by atoms with Crippen LogP contribution >= 0.6 is 0 Å². The Hall–Kier alpha value is -4.26. The molecule has 184 valence electrons. The fourth-order valence-electron chi connectivity index (χ4n) is 4.45. The van der Waals surface area contributed by atoms with E-state index < -0.39 is 0 Å². The number of rotatable bonds is 10. The molecule has 7 nitrogen and oxygen atoms in total. The molecule has 36 heavy (non-hydrogen) atoms. The first kappa shape index (κ1) is 24.9. The summed E-state index contributed by atoms with van der Waals surface area (Å²) in [6.07, 6.45) is -0.267. The first-order chi connectivity index (χ1) is 17.5. The van der Waals surface area contributed by atoms with E-state index in [1.165, 1.54) is 22.3 Å². The van der Waals surface area contributed by atoms with E-state index in [-0.39, 0.29) is 30.8 Å². The molecule has 0 saturated carbocycles. The minimum absolute atomic E-state index is 0.0211. The van der Waals surface area contributed by atoms with Gasteiger partial charge in [-0.1, -0.05) is 84.6 Å². The van der Waals surface area contributed by atoms with Gasteiger partial charge in [0.15, 0.2) is 5.78 Å². The minimum atomic E-state index is -0.356. The fourth-order valence-corrected chi connectivity index (χ4v) is 4.45. The third kappa shape index (κ3) is 5.51. The summed E-state index contributed by atoms with van der Waals surface area (Å²) in [7, 11) is 1.62. The average Bonchev–Trinajstić information content (AvgIpc) is 3.23. The van der Waals surface area contributed by atoms with E-state index in [0.29, 0.717) is 24.4 Å². The van der Waals surface area contributed by atoms with Crippen LogP contribution in [0, 0.1) is 0 Å². The second-order valence-corrected chi connectivity index (χ2v) is 8.60. The van der Waals surface area contributed by atoms with Crippen LogP contribution in [0.25, 0.3) is 11.1 Å². The van der Waals surface area contributed by atoms with Gasteiger partial charge in [0.05, 0.1) is 12.1 Å². The lowest BCUT2D eigenvalue weighted by molar-refractivity contribution is 0.0981. The Morgan fingerprint density at radius 2 is 1.58 bits per heavy atom. The van der Waals surface area contributed by atoms with Gasteiger partial charge in [0, 0.05) is 31.6 Å². The average molecular weight is 483 g/mol. The van der Waals surface area contributed by atoms with E-state index in [1.54, 1.807) is 24.1 Å². The molecular weight excluding hydrogens is 452 g/mol. The Labute approximate surface area is 211 Å². The van der Waals surface area contributed by atoms with E-state index in [4.69, 9.17) is 4.74 Å². The molecular formula is C29H30N4O3. The Morgan fingerprint density at radius 3 is 2.17 bits per heavy atom. The first-order valence-corrected chi connectivity index (χ1v) is 12.0. The number of hydrogen-bond acceptors (Lipinski definition) is 5. The SMILES string of the molecule is C=C(CC(=O)c1ccc(CN(CC)C(=O)OCC2c3ccccc3-c3ccccc32)cc1)/N=N\NC. The molecule has 0 saturated heterocycles. The molecule has 0 aliphatic heterocycles. The van der Waals surface area contributed by atoms with Gasteiger partial charge in [-0.05, 0) is 34.7 Å². The van der Waals surface area contributed by atoms with E-state index >= 15 is 0 Å². The highest BCUT2D eigenvalue weighted by molar-refractivity contribution is 5.97. The van der Waals surface area contributed by atoms with E-state index in [9.17, 15) is 9.59 Å². The van der Waals surface area contributed by atoms with Gasteiger partial charge >= 0.3 is 6.09 Å². The standard InChI is InChI=1S/C29H30N4O3/c1-4-33(18-21-13-15-22(16-14-21)28(34)17-20(2)31-32-30-3)29(35)36-19-27-25-11-7-5-9-23(25)24-10-6-8-12-26(24)27/h5-16,27H,2,4,17-19H2,1,3H3,(H,30,31). The van der Waals surface area contributed by atoms with Crippen molar-refractivity contribution < 1.29 is 14.3 Å². The van der Waals surface area contributed by atoms with Gasteiger partial charge in [0.2, 0.25) is 0 Å². The molecule has 7 heteroatoms. The molecule has 3 aromatic carbocycles. The van der Waals surface area contributed by atoms with Gasteiger partial charge < -0.3 is 9.64 Å². The molecule has 1 aliphatic carbocycles. The van der Waals surface area contributed by atoms with Crippen molar-refractivity contribution in [3.05, 3.63) is 107 Å². The Morgan fingerprint density at radius 1 is 0.972 bits per heavy atom. The van der Waals surface area contributed by atoms with E-state index in [2.05, 4.69) is 46.6 Å². The summed E-state index contributed by atoms with van der Waals surface area (Å²) in [6.45, 7) is 6.84. The zero-order valence-electron chi connectivity index (χ0n) is 20.6. The third-order valence-electron chi connectivity index (χ3n) is 6.28. The van der Waals surface area contributed by atoms with Crippen molar-refractivity contribution in [2.75, 3.05) is 20.2 Å². The van der Waals surface area contributed by atoms with Crippen LogP contribution in [0.4, 0.5) is 4.79 Å². The minimum Gasteiger partial charge on any atom is -0.448 e. The van der Waals surface area contributed by atoms with Crippen LogP contribution in [0.3, 0.4) is 0 Å². The number of benzene rings is 3. The molecule has 1 aliphatic rings. The van der Waals surface area contributed by atoms with Gasteiger partial charge in [-0.2, -0.15) is 0 Å². The number of hydrogen-bond donors (Lipinski definition) is 1. The molecule has 0 atom stereocenters. The molecule has 0 fully saturated rings. The summed E-state index contributed by atoms with van der Waals surface area (Å²) in [5.41, 5.74) is 9.15. The van der Waals surface area contributed by atoms with Gasteiger partial charge in [0.1, 0.15) is 6.61 Å². The fraction of sp³-hybridized carbons (Fsp3) is 0.241. The van der Waals surface area contributed by atoms with Crippen molar-refractivity contribution in [2.45, 2.75) is 25.8 Å². The van der Waals surface area contributed by atoms with Crippen LogP contribution in [-0.4, -0.2) is 37.0 Å². The lowest BCUT2D eigenvalue weighted by Crippen LogP contribution is -2.32. The molecule has 4 rings (SSSR count). The van der Waals surface area contributed by atoms with Crippen LogP contribution in [-0.2, 0) is 11.3 Å². The number of Topliss-reactive ketones (excluding diaryl/α,β-unsaturated/α-hetero) is 1. The summed E-state index contributed by atoms with van der Waals surface area (Å²) in [4.78, 5) is 27.0. The number of ketones is 1.